The molecular formula is C16H20N4O3S. The van der Waals surface area contributed by atoms with Crippen molar-refractivity contribution in [1.29, 1.82) is 0 Å². The lowest BCUT2D eigenvalue weighted by Gasteiger charge is -2.30. The first-order chi connectivity index (χ1) is 11.6. The number of rotatable bonds is 5. The zero-order valence-corrected chi connectivity index (χ0v) is 14.1. The fourth-order valence-electron chi connectivity index (χ4n) is 2.72. The Bertz CT molecular complexity index is 788. The summed E-state index contributed by atoms with van der Waals surface area (Å²) in [5, 5.41) is 9.52. The van der Waals surface area contributed by atoms with E-state index in [-0.39, 0.29) is 17.4 Å². The molecule has 0 saturated carbocycles. The molecular weight excluding hydrogens is 328 g/mol. The number of nitrogens with zero attached hydrogens (tertiary/aromatic N) is 2. The van der Waals surface area contributed by atoms with E-state index in [1.54, 1.807) is 18.5 Å². The third-order valence-electron chi connectivity index (χ3n) is 4.09. The van der Waals surface area contributed by atoms with Crippen molar-refractivity contribution in [3.8, 4) is 0 Å². The lowest BCUT2D eigenvalue weighted by atomic mass is 10.1. The number of carbonyl (C=O) groups is 1. The van der Waals surface area contributed by atoms with Gasteiger partial charge in [-0.2, -0.15) is 5.10 Å². The fourth-order valence-corrected chi connectivity index (χ4v) is 3.93. The Kier molecular flexibility index (Phi) is 4.84. The van der Waals surface area contributed by atoms with Gasteiger partial charge in [0.2, 0.25) is 0 Å². The Morgan fingerprint density at radius 2 is 2.00 bits per heavy atom. The van der Waals surface area contributed by atoms with Gasteiger partial charge in [-0.1, -0.05) is 12.1 Å². The zero-order valence-electron chi connectivity index (χ0n) is 13.2. The summed E-state index contributed by atoms with van der Waals surface area (Å²) < 4.78 is 23.2. The third-order valence-corrected chi connectivity index (χ3v) is 5.70. The molecule has 7 nitrogen and oxygen atoms in total. The van der Waals surface area contributed by atoms with Crippen molar-refractivity contribution >= 4 is 21.4 Å². The maximum Gasteiger partial charge on any atom is 0.253 e. The van der Waals surface area contributed by atoms with E-state index in [0.29, 0.717) is 31.6 Å². The summed E-state index contributed by atoms with van der Waals surface area (Å²) in [4.78, 5) is 14.4. The number of amides is 1. The highest BCUT2D eigenvalue weighted by Gasteiger charge is 2.24. The molecule has 128 valence electrons. The summed E-state index contributed by atoms with van der Waals surface area (Å²) >= 11 is 0. The molecule has 1 aliphatic heterocycles. The van der Waals surface area contributed by atoms with Crippen molar-refractivity contribution < 1.29 is 13.2 Å². The van der Waals surface area contributed by atoms with Gasteiger partial charge in [-0.3, -0.25) is 9.89 Å². The van der Waals surface area contributed by atoms with Crippen molar-refractivity contribution in [3.63, 3.8) is 0 Å². The van der Waals surface area contributed by atoms with Gasteiger partial charge in [0.1, 0.15) is 0 Å². The Morgan fingerprint density at radius 1 is 1.25 bits per heavy atom. The van der Waals surface area contributed by atoms with Crippen molar-refractivity contribution in [2.75, 3.05) is 36.0 Å². The smallest absolute Gasteiger partial charge is 0.253 e. The highest BCUT2D eigenvalue weighted by Crippen LogP contribution is 2.22. The second kappa shape index (κ2) is 7.04. The molecule has 0 atom stereocenters. The van der Waals surface area contributed by atoms with E-state index in [1.165, 1.54) is 0 Å². The molecule has 1 amide bonds. The number of anilines is 1. The van der Waals surface area contributed by atoms with Gasteiger partial charge in [0.15, 0.2) is 9.84 Å². The molecule has 3 rings (SSSR count). The van der Waals surface area contributed by atoms with Crippen LogP contribution in [0.15, 0.2) is 36.7 Å². The van der Waals surface area contributed by atoms with Crippen LogP contribution in [0.1, 0.15) is 15.9 Å². The first kappa shape index (κ1) is 16.5. The van der Waals surface area contributed by atoms with E-state index in [1.807, 2.05) is 23.1 Å². The second-order valence-corrected chi connectivity index (χ2v) is 8.07. The largest absolute Gasteiger partial charge is 0.369 e. The number of hydrogen-bond donors (Lipinski definition) is 2. The van der Waals surface area contributed by atoms with Gasteiger partial charge in [-0.25, -0.2) is 8.42 Å². The van der Waals surface area contributed by atoms with Crippen LogP contribution in [0.4, 0.5) is 5.69 Å². The molecule has 24 heavy (non-hydrogen) atoms. The van der Waals surface area contributed by atoms with Gasteiger partial charge in [0, 0.05) is 31.5 Å². The average Bonchev–Trinajstić information content (AvgIpc) is 3.08. The minimum Gasteiger partial charge on any atom is -0.369 e. The number of sulfone groups is 1. The molecule has 0 radical (unpaired) electrons. The number of H-pyrrole nitrogens is 1. The topological polar surface area (TPSA) is 95.2 Å². The minimum absolute atomic E-state index is 0.128. The maximum absolute atomic E-state index is 12.5. The molecule has 0 unspecified atom stereocenters. The standard InChI is InChI=1S/C16H20N4O3S/c21-16(17-6-5-13-11-18-19-12-13)14-3-1-2-4-15(14)20-7-9-24(22,23)10-8-20/h1-4,11-12H,5-10H2,(H,17,21)(H,18,19). The molecule has 2 aromatic rings. The van der Waals surface area contributed by atoms with Gasteiger partial charge in [0.25, 0.3) is 5.91 Å². The van der Waals surface area contributed by atoms with E-state index in [9.17, 15) is 13.2 Å². The number of hydrogen-bond acceptors (Lipinski definition) is 5. The normalized spacial score (nSPS) is 16.8. The predicted octanol–water partition coefficient (Wildman–Crippen LogP) is 0.617. The highest BCUT2D eigenvalue weighted by molar-refractivity contribution is 7.91. The first-order valence-corrected chi connectivity index (χ1v) is 9.67. The number of aromatic amines is 1. The minimum atomic E-state index is -2.95. The Labute approximate surface area is 141 Å². The molecule has 1 aromatic heterocycles. The average molecular weight is 348 g/mol. The van der Waals surface area contributed by atoms with Gasteiger partial charge >= 0.3 is 0 Å². The lowest BCUT2D eigenvalue weighted by molar-refractivity contribution is 0.0954. The molecule has 8 heteroatoms. The number of aromatic nitrogens is 2. The number of nitrogens with one attached hydrogen (secondary N) is 2. The predicted molar refractivity (Wildman–Crippen MR) is 91.9 cm³/mol. The van der Waals surface area contributed by atoms with E-state index in [0.717, 1.165) is 11.3 Å². The molecule has 2 heterocycles. The van der Waals surface area contributed by atoms with Gasteiger partial charge in [-0.15, -0.1) is 0 Å². The fraction of sp³-hybridized carbons (Fsp3) is 0.375. The molecule has 1 saturated heterocycles. The molecule has 0 bridgehead atoms. The quantitative estimate of drug-likeness (QED) is 0.826. The molecule has 0 aliphatic carbocycles. The van der Waals surface area contributed by atoms with Crippen LogP contribution in [0, 0.1) is 0 Å². The van der Waals surface area contributed by atoms with Crippen LogP contribution in [0.2, 0.25) is 0 Å². The van der Waals surface area contributed by atoms with E-state index < -0.39 is 9.84 Å². The van der Waals surface area contributed by atoms with Crippen molar-refractivity contribution in [2.24, 2.45) is 0 Å². The molecule has 1 fully saturated rings. The van der Waals surface area contributed by atoms with E-state index >= 15 is 0 Å². The summed E-state index contributed by atoms with van der Waals surface area (Å²) in [5.74, 6) is 0.106. The van der Waals surface area contributed by atoms with E-state index in [2.05, 4.69) is 15.5 Å². The second-order valence-electron chi connectivity index (χ2n) is 5.77. The van der Waals surface area contributed by atoms with Gasteiger partial charge in [-0.05, 0) is 24.1 Å². The molecule has 0 spiro atoms. The maximum atomic E-state index is 12.5. The van der Waals surface area contributed by atoms with Crippen molar-refractivity contribution in [2.45, 2.75) is 6.42 Å². The third kappa shape index (κ3) is 3.94. The summed E-state index contributed by atoms with van der Waals surface area (Å²) in [7, 11) is -2.95. The summed E-state index contributed by atoms with van der Waals surface area (Å²) in [6.45, 7) is 1.35. The molecule has 1 aromatic carbocycles. The van der Waals surface area contributed by atoms with Crippen LogP contribution in [0.25, 0.3) is 0 Å². The van der Waals surface area contributed by atoms with Crippen molar-refractivity contribution in [3.05, 3.63) is 47.8 Å². The zero-order chi connectivity index (χ0) is 17.0. The monoisotopic (exact) mass is 348 g/mol. The van der Waals surface area contributed by atoms with Gasteiger partial charge in [0.05, 0.1) is 23.3 Å². The van der Waals surface area contributed by atoms with Crippen LogP contribution in [0.3, 0.4) is 0 Å². The number of para-hydroxylation sites is 1. The van der Waals surface area contributed by atoms with Crippen LogP contribution >= 0.6 is 0 Å². The summed E-state index contributed by atoms with van der Waals surface area (Å²) in [6.07, 6.45) is 4.23. The van der Waals surface area contributed by atoms with E-state index in [4.69, 9.17) is 0 Å². The lowest BCUT2D eigenvalue weighted by Crippen LogP contribution is -2.41. The highest BCUT2D eigenvalue weighted by atomic mass is 32.2. The number of benzene rings is 1. The van der Waals surface area contributed by atoms with Gasteiger partial charge < -0.3 is 10.2 Å². The molecule has 2 N–H and O–H groups in total. The SMILES string of the molecule is O=C(NCCc1cn[nH]c1)c1ccccc1N1CCS(=O)(=O)CC1. The van der Waals surface area contributed by atoms with Crippen LogP contribution in [-0.4, -0.2) is 55.7 Å². The van der Waals surface area contributed by atoms with Crippen LogP contribution in [0.5, 0.6) is 0 Å². The van der Waals surface area contributed by atoms with Crippen LogP contribution < -0.4 is 10.2 Å². The van der Waals surface area contributed by atoms with Crippen LogP contribution in [-0.2, 0) is 16.3 Å². The Balaban J connectivity index is 1.66. The van der Waals surface area contributed by atoms with Crippen molar-refractivity contribution in [1.82, 2.24) is 15.5 Å². The Hall–Kier alpha value is -2.35. The molecule has 1 aliphatic rings. The summed E-state index contributed by atoms with van der Waals surface area (Å²) in [6, 6.07) is 7.31. The summed E-state index contributed by atoms with van der Waals surface area (Å²) in [5.41, 5.74) is 2.39. The first-order valence-electron chi connectivity index (χ1n) is 7.85. The number of carbonyl (C=O) groups excluding carboxylic acids is 1. The Morgan fingerprint density at radius 3 is 2.71 bits per heavy atom.